The van der Waals surface area contributed by atoms with Gasteiger partial charge in [0.1, 0.15) is 5.54 Å². The standard InChI is InChI=1S/C16H25NO4/c1-4-16(17-3,15(18)19)11-8-12-21-14-10-7-6-9-13(14)20-5-2/h6-7,9-10,17H,4-5,8,11-12H2,1-3H3,(H,18,19). The van der Waals surface area contributed by atoms with Gasteiger partial charge in [-0.25, -0.2) is 0 Å². The molecule has 5 heteroatoms. The molecule has 0 saturated carbocycles. The second kappa shape index (κ2) is 8.52. The molecule has 1 atom stereocenters. The summed E-state index contributed by atoms with van der Waals surface area (Å²) in [7, 11) is 1.68. The summed E-state index contributed by atoms with van der Waals surface area (Å²) in [6.45, 7) is 4.83. The molecule has 2 N–H and O–H groups in total. The second-order valence-corrected chi connectivity index (χ2v) is 4.82. The van der Waals surface area contributed by atoms with Crippen molar-refractivity contribution in [2.24, 2.45) is 0 Å². The van der Waals surface area contributed by atoms with Crippen molar-refractivity contribution in [2.75, 3.05) is 20.3 Å². The van der Waals surface area contributed by atoms with E-state index < -0.39 is 11.5 Å². The molecular weight excluding hydrogens is 270 g/mol. The number of para-hydroxylation sites is 2. The van der Waals surface area contributed by atoms with E-state index in [1.165, 1.54) is 0 Å². The van der Waals surface area contributed by atoms with Crippen LogP contribution in [0.5, 0.6) is 11.5 Å². The summed E-state index contributed by atoms with van der Waals surface area (Å²) in [6.07, 6.45) is 1.71. The minimum atomic E-state index is -0.872. The minimum Gasteiger partial charge on any atom is -0.490 e. The van der Waals surface area contributed by atoms with Gasteiger partial charge in [0.25, 0.3) is 0 Å². The number of carboxylic acids is 1. The molecule has 1 unspecified atom stereocenters. The molecule has 5 nitrogen and oxygen atoms in total. The van der Waals surface area contributed by atoms with Gasteiger partial charge in [-0.3, -0.25) is 4.79 Å². The predicted molar refractivity (Wildman–Crippen MR) is 82.1 cm³/mol. The van der Waals surface area contributed by atoms with E-state index in [4.69, 9.17) is 9.47 Å². The van der Waals surface area contributed by atoms with Crippen molar-refractivity contribution in [2.45, 2.75) is 38.6 Å². The molecule has 0 aliphatic rings. The smallest absolute Gasteiger partial charge is 0.323 e. The Balaban J connectivity index is 2.52. The highest BCUT2D eigenvalue weighted by Crippen LogP contribution is 2.27. The summed E-state index contributed by atoms with van der Waals surface area (Å²) < 4.78 is 11.2. The molecule has 0 aromatic heterocycles. The van der Waals surface area contributed by atoms with Crippen LogP contribution in [-0.2, 0) is 4.79 Å². The van der Waals surface area contributed by atoms with Crippen LogP contribution in [0.1, 0.15) is 33.1 Å². The molecule has 1 aromatic carbocycles. The lowest BCUT2D eigenvalue weighted by atomic mass is 9.91. The van der Waals surface area contributed by atoms with Crippen molar-refractivity contribution < 1.29 is 19.4 Å². The Morgan fingerprint density at radius 2 is 1.86 bits per heavy atom. The van der Waals surface area contributed by atoms with E-state index in [9.17, 15) is 9.90 Å². The summed E-state index contributed by atoms with van der Waals surface area (Å²) in [4.78, 5) is 11.4. The summed E-state index contributed by atoms with van der Waals surface area (Å²) in [5.41, 5.74) is -0.872. The first-order chi connectivity index (χ1) is 10.1. The van der Waals surface area contributed by atoms with Gasteiger partial charge < -0.3 is 19.9 Å². The Kier molecular flexibility index (Phi) is 7.02. The molecule has 0 aliphatic carbocycles. The van der Waals surface area contributed by atoms with Crippen LogP contribution in [0.2, 0.25) is 0 Å². The molecule has 0 radical (unpaired) electrons. The first-order valence-electron chi connectivity index (χ1n) is 7.36. The Hall–Kier alpha value is -1.75. The Bertz CT molecular complexity index is 444. The normalized spacial score (nSPS) is 13.5. The van der Waals surface area contributed by atoms with Crippen LogP contribution >= 0.6 is 0 Å². The number of likely N-dealkylation sites (N-methyl/N-ethyl adjacent to an activating group) is 1. The van der Waals surface area contributed by atoms with Gasteiger partial charge in [-0.05, 0) is 45.4 Å². The summed E-state index contributed by atoms with van der Waals surface area (Å²) in [6, 6.07) is 7.50. The van der Waals surface area contributed by atoms with Crippen LogP contribution < -0.4 is 14.8 Å². The van der Waals surface area contributed by atoms with Crippen molar-refractivity contribution >= 4 is 5.97 Å². The molecule has 21 heavy (non-hydrogen) atoms. The molecule has 0 amide bonds. The quantitative estimate of drug-likeness (QED) is 0.650. The topological polar surface area (TPSA) is 67.8 Å². The fraction of sp³-hybridized carbons (Fsp3) is 0.562. The lowest BCUT2D eigenvalue weighted by molar-refractivity contribution is -0.145. The molecular formula is C16H25NO4. The van der Waals surface area contributed by atoms with Crippen molar-refractivity contribution in [1.82, 2.24) is 5.32 Å². The van der Waals surface area contributed by atoms with E-state index in [0.29, 0.717) is 44.0 Å². The first kappa shape index (κ1) is 17.3. The predicted octanol–water partition coefficient (Wildman–Crippen LogP) is 2.70. The molecule has 1 aromatic rings. The van der Waals surface area contributed by atoms with Gasteiger partial charge in [0.05, 0.1) is 13.2 Å². The van der Waals surface area contributed by atoms with Gasteiger partial charge in [0.15, 0.2) is 11.5 Å². The molecule has 0 saturated heterocycles. The van der Waals surface area contributed by atoms with E-state index in [0.717, 1.165) is 0 Å². The van der Waals surface area contributed by atoms with Crippen molar-refractivity contribution in [1.29, 1.82) is 0 Å². The van der Waals surface area contributed by atoms with Gasteiger partial charge >= 0.3 is 5.97 Å². The number of hydrogen-bond donors (Lipinski definition) is 2. The molecule has 0 spiro atoms. The Labute approximate surface area is 126 Å². The van der Waals surface area contributed by atoms with E-state index in [-0.39, 0.29) is 0 Å². The van der Waals surface area contributed by atoms with E-state index >= 15 is 0 Å². The van der Waals surface area contributed by atoms with Crippen LogP contribution in [0.4, 0.5) is 0 Å². The number of carboxylic acid groups (broad SMARTS) is 1. The summed E-state index contributed by atoms with van der Waals surface area (Å²) in [5.74, 6) is 0.594. The highest BCUT2D eigenvalue weighted by molar-refractivity contribution is 5.78. The van der Waals surface area contributed by atoms with E-state index in [1.807, 2.05) is 38.1 Å². The Morgan fingerprint density at radius 3 is 2.33 bits per heavy atom. The summed E-state index contributed by atoms with van der Waals surface area (Å²) >= 11 is 0. The third kappa shape index (κ3) is 4.63. The van der Waals surface area contributed by atoms with Crippen LogP contribution in [0, 0.1) is 0 Å². The Morgan fingerprint density at radius 1 is 1.24 bits per heavy atom. The molecule has 0 fully saturated rings. The van der Waals surface area contributed by atoms with Gasteiger partial charge in [-0.2, -0.15) is 0 Å². The number of benzene rings is 1. The van der Waals surface area contributed by atoms with Gasteiger partial charge in [-0.1, -0.05) is 19.1 Å². The zero-order valence-corrected chi connectivity index (χ0v) is 13.0. The van der Waals surface area contributed by atoms with Gasteiger partial charge in [-0.15, -0.1) is 0 Å². The number of carbonyl (C=O) groups is 1. The van der Waals surface area contributed by atoms with Crippen LogP contribution in [0.3, 0.4) is 0 Å². The third-order valence-electron chi connectivity index (χ3n) is 3.65. The van der Waals surface area contributed by atoms with E-state index in [1.54, 1.807) is 7.05 Å². The average Bonchev–Trinajstić information content (AvgIpc) is 2.49. The van der Waals surface area contributed by atoms with Crippen molar-refractivity contribution in [3.05, 3.63) is 24.3 Å². The average molecular weight is 295 g/mol. The maximum absolute atomic E-state index is 11.4. The zero-order chi connectivity index (χ0) is 15.7. The maximum Gasteiger partial charge on any atom is 0.323 e. The van der Waals surface area contributed by atoms with Gasteiger partial charge in [0.2, 0.25) is 0 Å². The van der Waals surface area contributed by atoms with Gasteiger partial charge in [0, 0.05) is 0 Å². The van der Waals surface area contributed by atoms with Crippen LogP contribution in [0.25, 0.3) is 0 Å². The highest BCUT2D eigenvalue weighted by atomic mass is 16.5. The maximum atomic E-state index is 11.4. The van der Waals surface area contributed by atoms with E-state index in [2.05, 4.69) is 5.32 Å². The first-order valence-corrected chi connectivity index (χ1v) is 7.36. The fourth-order valence-corrected chi connectivity index (χ4v) is 2.24. The SMILES string of the molecule is CCOc1ccccc1OCCCC(CC)(NC)C(=O)O. The number of rotatable bonds is 10. The second-order valence-electron chi connectivity index (χ2n) is 4.82. The molecule has 118 valence electrons. The lowest BCUT2D eigenvalue weighted by Gasteiger charge is -2.27. The van der Waals surface area contributed by atoms with Crippen molar-refractivity contribution in [3.8, 4) is 11.5 Å². The lowest BCUT2D eigenvalue weighted by Crippen LogP contribution is -2.50. The highest BCUT2D eigenvalue weighted by Gasteiger charge is 2.34. The molecule has 0 aliphatic heterocycles. The molecule has 0 bridgehead atoms. The number of ether oxygens (including phenoxy) is 2. The largest absolute Gasteiger partial charge is 0.490 e. The summed E-state index contributed by atoms with van der Waals surface area (Å²) in [5, 5.41) is 12.2. The molecule has 1 rings (SSSR count). The van der Waals surface area contributed by atoms with Crippen LogP contribution in [0.15, 0.2) is 24.3 Å². The monoisotopic (exact) mass is 295 g/mol. The molecule has 0 heterocycles. The fourth-order valence-electron chi connectivity index (χ4n) is 2.24. The number of aliphatic carboxylic acids is 1. The van der Waals surface area contributed by atoms with Crippen molar-refractivity contribution in [3.63, 3.8) is 0 Å². The third-order valence-corrected chi connectivity index (χ3v) is 3.65. The zero-order valence-electron chi connectivity index (χ0n) is 13.0. The minimum absolute atomic E-state index is 0.459. The number of nitrogens with one attached hydrogen (secondary N) is 1. The number of hydrogen-bond acceptors (Lipinski definition) is 4. The van der Waals surface area contributed by atoms with Crippen LogP contribution in [-0.4, -0.2) is 36.9 Å².